The zero-order chi connectivity index (χ0) is 21.8. The average molecular weight is 427 g/mol. The highest BCUT2D eigenvalue weighted by molar-refractivity contribution is 6.03. The molecule has 5 rings (SSSR count). The molecule has 0 spiro atoms. The summed E-state index contributed by atoms with van der Waals surface area (Å²) in [5.74, 6) is 0.338. The van der Waals surface area contributed by atoms with E-state index in [-0.39, 0.29) is 11.6 Å². The molecule has 0 aliphatic carbocycles. The highest BCUT2D eigenvalue weighted by atomic mass is 16.5. The van der Waals surface area contributed by atoms with Gasteiger partial charge in [-0.1, -0.05) is 12.1 Å². The van der Waals surface area contributed by atoms with Gasteiger partial charge in [0.05, 0.1) is 42.3 Å². The number of amides is 1. The van der Waals surface area contributed by atoms with Crippen LogP contribution in [0, 0.1) is 0 Å². The topological polar surface area (TPSA) is 105 Å². The second-order valence-corrected chi connectivity index (χ2v) is 7.30. The normalized spacial score (nSPS) is 13.7. The van der Waals surface area contributed by atoms with Crippen LogP contribution >= 0.6 is 0 Å². The van der Waals surface area contributed by atoms with Crippen LogP contribution in [0.2, 0.25) is 0 Å². The summed E-state index contributed by atoms with van der Waals surface area (Å²) < 4.78 is 5.40. The maximum Gasteiger partial charge on any atom is 0.275 e. The fourth-order valence-corrected chi connectivity index (χ4v) is 3.46. The molecule has 0 saturated carbocycles. The number of morpholine rings is 1. The van der Waals surface area contributed by atoms with E-state index in [4.69, 9.17) is 4.74 Å². The minimum absolute atomic E-state index is 0.265. The molecule has 160 valence electrons. The first-order valence-corrected chi connectivity index (χ1v) is 10.3. The van der Waals surface area contributed by atoms with Gasteiger partial charge < -0.3 is 20.3 Å². The largest absolute Gasteiger partial charge is 0.378 e. The Morgan fingerprint density at radius 2 is 1.69 bits per heavy atom. The van der Waals surface area contributed by atoms with Crippen LogP contribution in [0.1, 0.15) is 10.5 Å². The minimum atomic E-state index is -0.312. The van der Waals surface area contributed by atoms with Crippen LogP contribution in [-0.4, -0.2) is 52.4 Å². The average Bonchev–Trinajstić information content (AvgIpc) is 2.85. The summed E-state index contributed by atoms with van der Waals surface area (Å²) in [5, 5.41) is 14.4. The van der Waals surface area contributed by atoms with Crippen molar-refractivity contribution >= 4 is 39.8 Å². The molecule has 9 heteroatoms. The third-order valence-corrected chi connectivity index (χ3v) is 5.11. The molecule has 32 heavy (non-hydrogen) atoms. The first kappa shape index (κ1) is 19.8. The van der Waals surface area contributed by atoms with E-state index in [2.05, 4.69) is 35.7 Å². The van der Waals surface area contributed by atoms with Crippen LogP contribution in [0.25, 0.3) is 11.0 Å². The molecule has 1 aliphatic rings. The Morgan fingerprint density at radius 1 is 0.938 bits per heavy atom. The predicted octanol–water partition coefficient (Wildman–Crippen LogP) is 3.25. The summed E-state index contributed by atoms with van der Waals surface area (Å²) in [4.78, 5) is 23.4. The van der Waals surface area contributed by atoms with Gasteiger partial charge in [-0.25, -0.2) is 4.98 Å². The molecule has 1 amide bonds. The number of nitrogens with one attached hydrogen (secondary N) is 2. The number of carbonyl (C=O) groups is 1. The van der Waals surface area contributed by atoms with Crippen molar-refractivity contribution in [3.8, 4) is 0 Å². The molecular weight excluding hydrogens is 406 g/mol. The molecule has 1 saturated heterocycles. The van der Waals surface area contributed by atoms with Crippen LogP contribution in [0.5, 0.6) is 0 Å². The van der Waals surface area contributed by atoms with Gasteiger partial charge in [0.2, 0.25) is 0 Å². The number of rotatable bonds is 5. The van der Waals surface area contributed by atoms with E-state index in [1.54, 1.807) is 6.20 Å². The Balaban J connectivity index is 1.24. The zero-order valence-electron chi connectivity index (χ0n) is 17.2. The van der Waals surface area contributed by atoms with Crippen LogP contribution < -0.4 is 15.5 Å². The minimum Gasteiger partial charge on any atom is -0.378 e. The van der Waals surface area contributed by atoms with Gasteiger partial charge in [-0.05, 0) is 36.4 Å². The molecule has 2 aromatic carbocycles. The summed E-state index contributed by atoms with van der Waals surface area (Å²) >= 11 is 0. The van der Waals surface area contributed by atoms with E-state index in [0.717, 1.165) is 30.0 Å². The molecule has 0 unspecified atom stereocenters. The van der Waals surface area contributed by atoms with E-state index in [1.165, 1.54) is 6.20 Å². The Labute approximate surface area is 184 Å². The van der Waals surface area contributed by atoms with Crippen molar-refractivity contribution in [3.63, 3.8) is 0 Å². The van der Waals surface area contributed by atoms with E-state index in [1.807, 2.05) is 54.6 Å². The SMILES string of the molecule is O=C(Nc1ccc(Nc2cc(N3CCOCC3)cnn2)cc1)c1cnc2ccccc2n1. The molecular formula is C23H21N7O2. The molecule has 1 fully saturated rings. The number of para-hydroxylation sites is 2. The van der Waals surface area contributed by atoms with Crippen LogP contribution in [-0.2, 0) is 4.74 Å². The number of benzene rings is 2. The van der Waals surface area contributed by atoms with Crippen molar-refractivity contribution in [3.05, 3.63) is 72.7 Å². The summed E-state index contributed by atoms with van der Waals surface area (Å²) in [7, 11) is 0. The number of hydrogen-bond donors (Lipinski definition) is 2. The molecule has 1 aliphatic heterocycles. The van der Waals surface area contributed by atoms with Crippen LogP contribution in [0.15, 0.2) is 67.0 Å². The molecule has 0 radical (unpaired) electrons. The van der Waals surface area contributed by atoms with Gasteiger partial charge in [-0.2, -0.15) is 5.10 Å². The van der Waals surface area contributed by atoms with Crippen molar-refractivity contribution in [1.29, 1.82) is 0 Å². The van der Waals surface area contributed by atoms with Crippen molar-refractivity contribution in [2.75, 3.05) is 41.8 Å². The summed E-state index contributed by atoms with van der Waals surface area (Å²) in [6.45, 7) is 3.09. The maximum atomic E-state index is 12.6. The first-order valence-electron chi connectivity index (χ1n) is 10.3. The highest BCUT2D eigenvalue weighted by Crippen LogP contribution is 2.22. The number of carbonyl (C=O) groups excluding carboxylic acids is 1. The van der Waals surface area contributed by atoms with Crippen molar-refractivity contribution in [2.24, 2.45) is 0 Å². The quantitative estimate of drug-likeness (QED) is 0.500. The Bertz CT molecular complexity index is 1240. The first-order chi connectivity index (χ1) is 15.7. The smallest absolute Gasteiger partial charge is 0.275 e. The lowest BCUT2D eigenvalue weighted by Crippen LogP contribution is -2.36. The summed E-state index contributed by atoms with van der Waals surface area (Å²) in [6.07, 6.45) is 3.23. The van der Waals surface area contributed by atoms with Gasteiger partial charge in [-0.3, -0.25) is 9.78 Å². The molecule has 2 aromatic heterocycles. The number of aromatic nitrogens is 4. The second-order valence-electron chi connectivity index (χ2n) is 7.30. The lowest BCUT2D eigenvalue weighted by molar-refractivity contribution is 0.102. The predicted molar refractivity (Wildman–Crippen MR) is 122 cm³/mol. The zero-order valence-corrected chi connectivity index (χ0v) is 17.2. The van der Waals surface area contributed by atoms with Crippen molar-refractivity contribution in [1.82, 2.24) is 20.2 Å². The van der Waals surface area contributed by atoms with Crippen LogP contribution in [0.3, 0.4) is 0 Å². The number of anilines is 4. The van der Waals surface area contributed by atoms with E-state index in [0.29, 0.717) is 30.2 Å². The Hall–Kier alpha value is -4.11. The van der Waals surface area contributed by atoms with E-state index in [9.17, 15) is 4.79 Å². The number of nitrogens with zero attached hydrogens (tertiary/aromatic N) is 5. The summed E-state index contributed by atoms with van der Waals surface area (Å²) in [5.41, 5.74) is 4.19. The third-order valence-electron chi connectivity index (χ3n) is 5.11. The summed E-state index contributed by atoms with van der Waals surface area (Å²) in [6, 6.07) is 16.8. The van der Waals surface area contributed by atoms with Gasteiger partial charge in [0.15, 0.2) is 5.82 Å². The third kappa shape index (κ3) is 4.47. The molecule has 0 bridgehead atoms. The fraction of sp³-hybridized carbons (Fsp3) is 0.174. The van der Waals surface area contributed by atoms with Gasteiger partial charge in [0.25, 0.3) is 5.91 Å². The number of fused-ring (bicyclic) bond motifs is 1. The van der Waals surface area contributed by atoms with Gasteiger partial charge in [0, 0.05) is 30.5 Å². The molecule has 9 nitrogen and oxygen atoms in total. The maximum absolute atomic E-state index is 12.6. The molecule has 4 aromatic rings. The lowest BCUT2D eigenvalue weighted by Gasteiger charge is -2.28. The monoisotopic (exact) mass is 427 g/mol. The van der Waals surface area contributed by atoms with Gasteiger partial charge >= 0.3 is 0 Å². The fourth-order valence-electron chi connectivity index (χ4n) is 3.46. The molecule has 3 heterocycles. The number of ether oxygens (including phenoxy) is 1. The van der Waals surface area contributed by atoms with Crippen molar-refractivity contribution < 1.29 is 9.53 Å². The van der Waals surface area contributed by atoms with Gasteiger partial charge in [-0.15, -0.1) is 5.10 Å². The van der Waals surface area contributed by atoms with Crippen LogP contribution in [0.4, 0.5) is 22.9 Å². The van der Waals surface area contributed by atoms with Crippen molar-refractivity contribution in [2.45, 2.75) is 0 Å². The van der Waals surface area contributed by atoms with Gasteiger partial charge in [0.1, 0.15) is 5.69 Å². The highest BCUT2D eigenvalue weighted by Gasteiger charge is 2.13. The lowest BCUT2D eigenvalue weighted by atomic mass is 10.2. The standard InChI is InChI=1S/C23H21N7O2/c31-23(21-15-24-19-3-1-2-4-20(19)28-21)27-17-7-5-16(6-8-17)26-22-13-18(14-25-29-22)30-9-11-32-12-10-30/h1-8,13-15H,9-12H2,(H,26,29)(H,27,31). The van der Waals surface area contributed by atoms with E-state index >= 15 is 0 Å². The van der Waals surface area contributed by atoms with E-state index < -0.39 is 0 Å². The Morgan fingerprint density at radius 3 is 2.50 bits per heavy atom. The molecule has 0 atom stereocenters. The second kappa shape index (κ2) is 8.94. The Kier molecular flexibility index (Phi) is 5.54. The number of hydrogen-bond acceptors (Lipinski definition) is 8. The molecule has 2 N–H and O–H groups in total.